The Kier molecular flexibility index (Phi) is 4.72. The summed E-state index contributed by atoms with van der Waals surface area (Å²) in [7, 11) is 0. The van der Waals surface area contributed by atoms with E-state index >= 15 is 0 Å². The van der Waals surface area contributed by atoms with Crippen molar-refractivity contribution in [3.05, 3.63) is 29.8 Å². The Morgan fingerprint density at radius 2 is 2.13 bits per heavy atom. The fourth-order valence-electron chi connectivity index (χ4n) is 1.23. The number of carbonyl (C=O) groups is 1. The highest BCUT2D eigenvalue weighted by molar-refractivity contribution is 6.28. The molecule has 3 nitrogen and oxygen atoms in total. The van der Waals surface area contributed by atoms with Gasteiger partial charge in [-0.3, -0.25) is 5.32 Å². The molecule has 0 aliphatic rings. The third kappa shape index (κ3) is 3.98. The van der Waals surface area contributed by atoms with E-state index in [1.807, 2.05) is 12.1 Å². The zero-order chi connectivity index (χ0) is 11.3. The minimum Gasteiger partial charge on any atom is -0.465 e. The molecule has 1 aromatic rings. The lowest BCUT2D eigenvalue weighted by Crippen LogP contribution is -2.12. The molecule has 0 aromatic heterocycles. The number of para-hydroxylation sites is 1. The molecule has 15 heavy (non-hydrogen) atoms. The minimum absolute atomic E-state index is 0.191. The molecule has 0 radical (unpaired) electrons. The predicted octanol–water partition coefficient (Wildman–Crippen LogP) is 3.17. The third-order valence-electron chi connectivity index (χ3n) is 1.87. The number of hydrogen-bond acceptors (Lipinski definition) is 1. The van der Waals surface area contributed by atoms with Crippen molar-refractivity contribution in [1.82, 2.24) is 0 Å². The minimum atomic E-state index is -1.08. The number of halogens is 2. The Morgan fingerprint density at radius 1 is 1.47 bits per heavy atom. The van der Waals surface area contributed by atoms with Crippen molar-refractivity contribution < 1.29 is 9.90 Å². The molecule has 1 aromatic carbocycles. The third-order valence-corrected chi connectivity index (χ3v) is 2.71. The van der Waals surface area contributed by atoms with Crippen LogP contribution in [-0.2, 0) is 6.42 Å². The van der Waals surface area contributed by atoms with Gasteiger partial charge in [0.1, 0.15) is 0 Å². The zero-order valence-electron chi connectivity index (χ0n) is 7.91. The second kappa shape index (κ2) is 5.83. The average Bonchev–Trinajstić information content (AvgIpc) is 2.20. The summed E-state index contributed by atoms with van der Waals surface area (Å²) in [6, 6.07) is 7.12. The van der Waals surface area contributed by atoms with Crippen LogP contribution in [-0.4, -0.2) is 22.5 Å². The van der Waals surface area contributed by atoms with Crippen molar-refractivity contribution in [3.8, 4) is 0 Å². The number of benzene rings is 1. The first-order chi connectivity index (χ1) is 7.13. The van der Waals surface area contributed by atoms with Gasteiger partial charge in [0.25, 0.3) is 0 Å². The van der Waals surface area contributed by atoms with Gasteiger partial charge in [0.15, 0.2) is 0 Å². The van der Waals surface area contributed by atoms with E-state index < -0.39 is 6.09 Å². The number of nitrogens with one attached hydrogen (secondary N) is 1. The zero-order valence-corrected chi connectivity index (χ0v) is 9.42. The van der Waals surface area contributed by atoms with E-state index in [0.29, 0.717) is 18.0 Å². The molecule has 82 valence electrons. The molecule has 0 spiro atoms. The van der Waals surface area contributed by atoms with Crippen LogP contribution in [0.1, 0.15) is 5.56 Å². The van der Waals surface area contributed by atoms with Crippen LogP contribution in [0.2, 0.25) is 0 Å². The van der Waals surface area contributed by atoms with Gasteiger partial charge >= 0.3 is 6.09 Å². The summed E-state index contributed by atoms with van der Waals surface area (Å²) in [5.41, 5.74) is 1.40. The number of amides is 1. The van der Waals surface area contributed by atoms with Gasteiger partial charge in [0, 0.05) is 11.6 Å². The highest BCUT2D eigenvalue weighted by atomic mass is 35.5. The molecule has 1 amide bonds. The second-order valence-electron chi connectivity index (χ2n) is 3.04. The normalized spacial score (nSPS) is 12.1. The lowest BCUT2D eigenvalue weighted by Gasteiger charge is -2.10. The first kappa shape index (κ1) is 12.1. The summed E-state index contributed by atoms with van der Waals surface area (Å²) >= 11 is 11.5. The smallest absolute Gasteiger partial charge is 0.409 e. The van der Waals surface area contributed by atoms with E-state index in [-0.39, 0.29) is 5.38 Å². The van der Waals surface area contributed by atoms with Crippen LogP contribution in [0.15, 0.2) is 24.3 Å². The summed E-state index contributed by atoms with van der Waals surface area (Å²) in [5, 5.41) is 10.7. The van der Waals surface area contributed by atoms with Gasteiger partial charge < -0.3 is 5.11 Å². The van der Waals surface area contributed by atoms with Crippen molar-refractivity contribution in [1.29, 1.82) is 0 Å². The van der Waals surface area contributed by atoms with Crippen LogP contribution < -0.4 is 5.32 Å². The first-order valence-corrected chi connectivity index (χ1v) is 5.38. The summed E-state index contributed by atoms with van der Waals surface area (Å²) < 4.78 is 0. The highest BCUT2D eigenvalue weighted by Crippen LogP contribution is 2.19. The maximum absolute atomic E-state index is 10.5. The average molecular weight is 248 g/mol. The summed E-state index contributed by atoms with van der Waals surface area (Å²) in [4.78, 5) is 10.5. The lowest BCUT2D eigenvalue weighted by atomic mass is 10.1. The van der Waals surface area contributed by atoms with E-state index in [1.165, 1.54) is 0 Å². The van der Waals surface area contributed by atoms with E-state index in [1.54, 1.807) is 12.1 Å². The molecule has 1 atom stereocenters. The Labute approximate surface area is 98.0 Å². The Hall–Kier alpha value is -0.930. The van der Waals surface area contributed by atoms with Crippen molar-refractivity contribution in [2.75, 3.05) is 11.2 Å². The Morgan fingerprint density at radius 3 is 2.73 bits per heavy atom. The molecule has 1 rings (SSSR count). The fourth-order valence-corrected chi connectivity index (χ4v) is 1.50. The molecular formula is C10H11Cl2NO2. The standard InChI is InChI=1S/C10H11Cl2NO2/c11-6-8(12)5-7-3-1-2-4-9(7)13-10(14)15/h1-4,8,13H,5-6H2,(H,14,15). The molecule has 0 saturated carbocycles. The summed E-state index contributed by atoms with van der Waals surface area (Å²) in [6.45, 7) is 0. The van der Waals surface area contributed by atoms with Crippen molar-refractivity contribution in [3.63, 3.8) is 0 Å². The van der Waals surface area contributed by atoms with Crippen LogP contribution in [0.25, 0.3) is 0 Å². The fraction of sp³-hybridized carbons (Fsp3) is 0.300. The van der Waals surface area contributed by atoms with E-state index in [2.05, 4.69) is 5.32 Å². The van der Waals surface area contributed by atoms with Crippen molar-refractivity contribution >= 4 is 35.0 Å². The van der Waals surface area contributed by atoms with Gasteiger partial charge in [-0.1, -0.05) is 18.2 Å². The van der Waals surface area contributed by atoms with Crippen LogP contribution in [0.4, 0.5) is 10.5 Å². The quantitative estimate of drug-likeness (QED) is 0.804. The highest BCUT2D eigenvalue weighted by Gasteiger charge is 2.09. The molecule has 5 heteroatoms. The molecule has 2 N–H and O–H groups in total. The predicted molar refractivity (Wildman–Crippen MR) is 62.2 cm³/mol. The Bertz CT molecular complexity index is 344. The van der Waals surface area contributed by atoms with Crippen LogP contribution in [0.3, 0.4) is 0 Å². The van der Waals surface area contributed by atoms with Gasteiger partial charge in [-0.2, -0.15) is 0 Å². The molecule has 0 aliphatic carbocycles. The Balaban J connectivity index is 2.81. The number of hydrogen-bond donors (Lipinski definition) is 2. The van der Waals surface area contributed by atoms with Gasteiger partial charge in [-0.05, 0) is 18.1 Å². The van der Waals surface area contributed by atoms with Gasteiger partial charge in [0.05, 0.1) is 5.38 Å². The SMILES string of the molecule is O=C(O)Nc1ccccc1CC(Cl)CCl. The molecule has 0 heterocycles. The topological polar surface area (TPSA) is 49.3 Å². The van der Waals surface area contributed by atoms with Gasteiger partial charge in [0.2, 0.25) is 0 Å². The maximum Gasteiger partial charge on any atom is 0.409 e. The number of carboxylic acid groups (broad SMARTS) is 1. The molecular weight excluding hydrogens is 237 g/mol. The molecule has 0 bridgehead atoms. The molecule has 1 unspecified atom stereocenters. The summed E-state index contributed by atoms with van der Waals surface area (Å²) in [6.07, 6.45) is -0.541. The van der Waals surface area contributed by atoms with E-state index in [4.69, 9.17) is 28.3 Å². The monoisotopic (exact) mass is 247 g/mol. The van der Waals surface area contributed by atoms with E-state index in [9.17, 15) is 4.79 Å². The second-order valence-corrected chi connectivity index (χ2v) is 3.97. The van der Waals surface area contributed by atoms with Crippen molar-refractivity contribution in [2.24, 2.45) is 0 Å². The number of rotatable bonds is 4. The van der Waals surface area contributed by atoms with Crippen LogP contribution in [0, 0.1) is 0 Å². The van der Waals surface area contributed by atoms with Gasteiger partial charge in [-0.25, -0.2) is 4.79 Å². The lowest BCUT2D eigenvalue weighted by molar-refractivity contribution is 0.209. The largest absolute Gasteiger partial charge is 0.465 e. The maximum atomic E-state index is 10.5. The number of alkyl halides is 2. The van der Waals surface area contributed by atoms with E-state index in [0.717, 1.165) is 5.56 Å². The first-order valence-electron chi connectivity index (χ1n) is 4.41. The molecule has 0 fully saturated rings. The van der Waals surface area contributed by atoms with Gasteiger partial charge in [-0.15, -0.1) is 23.2 Å². The summed E-state index contributed by atoms with van der Waals surface area (Å²) in [5.74, 6) is 0.336. The van der Waals surface area contributed by atoms with Crippen LogP contribution in [0.5, 0.6) is 0 Å². The van der Waals surface area contributed by atoms with Crippen molar-refractivity contribution in [2.45, 2.75) is 11.8 Å². The molecule has 0 saturated heterocycles. The van der Waals surface area contributed by atoms with Crippen LogP contribution >= 0.6 is 23.2 Å². The number of anilines is 1. The molecule has 0 aliphatic heterocycles.